The quantitative estimate of drug-likeness (QED) is 0.506. The number of hydrogen-bond acceptors (Lipinski definition) is 2. The Morgan fingerprint density at radius 1 is 1.09 bits per heavy atom. The van der Waals surface area contributed by atoms with Crippen LogP contribution in [0.3, 0.4) is 0 Å². The van der Waals surface area contributed by atoms with E-state index in [0.717, 1.165) is 22.5 Å². The first kappa shape index (κ1) is 21.9. The second-order valence-corrected chi connectivity index (χ2v) is 8.45. The molecule has 0 N–H and O–H groups in total. The van der Waals surface area contributed by atoms with Crippen molar-refractivity contribution in [2.24, 2.45) is 0 Å². The van der Waals surface area contributed by atoms with E-state index in [1.54, 1.807) is 23.4 Å². The highest BCUT2D eigenvalue weighted by atomic mass is 19.1. The maximum Gasteiger partial charge on any atom is 0.246 e. The fraction of sp³-hybridized carbons (Fsp3) is 0.308. The smallest absolute Gasteiger partial charge is 0.246 e. The van der Waals surface area contributed by atoms with Crippen molar-refractivity contribution in [3.8, 4) is 5.69 Å². The van der Waals surface area contributed by atoms with Gasteiger partial charge < -0.3 is 9.47 Å². The van der Waals surface area contributed by atoms with Crippen molar-refractivity contribution in [3.05, 3.63) is 89.3 Å². The molecule has 1 atom stereocenters. The van der Waals surface area contributed by atoms with Crippen molar-refractivity contribution in [1.29, 1.82) is 0 Å². The number of hydrogen-bond donors (Lipinski definition) is 0. The van der Waals surface area contributed by atoms with Gasteiger partial charge in [-0.3, -0.25) is 4.79 Å². The lowest BCUT2D eigenvalue weighted by Crippen LogP contribution is -2.31. The van der Waals surface area contributed by atoms with Crippen LogP contribution in [0, 0.1) is 19.7 Å². The van der Waals surface area contributed by atoms with Gasteiger partial charge in [-0.2, -0.15) is 0 Å². The van der Waals surface area contributed by atoms with Gasteiger partial charge in [0.1, 0.15) is 11.5 Å². The molecule has 0 saturated carbocycles. The van der Waals surface area contributed by atoms with Crippen LogP contribution in [-0.2, 0) is 10.5 Å². The molecule has 6 heteroatoms. The summed E-state index contributed by atoms with van der Waals surface area (Å²) in [5.74, 6) is -0.503. The third-order valence-electron chi connectivity index (χ3n) is 6.08. The largest absolute Gasteiger partial charge is 0.339 e. The minimum absolute atomic E-state index is 0.125. The standard InChI is InChI=1S/C26H27F2N3O/c1-19-16-21(4-10-24(19)31-17-20(2)29-18-31)5-11-25(32)30-14-3-12-26(28,13-15-30)22-6-8-23(27)9-7-22/h4-11,16-18H,3,12-15H2,1-2H3/b11-5+. The lowest BCUT2D eigenvalue weighted by atomic mass is 9.89. The SMILES string of the molecule is Cc1cn(-c2ccc(/C=C/C(=O)N3CCCC(F)(c4ccc(F)cc4)CC3)cc2C)cn1. The number of benzene rings is 2. The summed E-state index contributed by atoms with van der Waals surface area (Å²) in [7, 11) is 0. The van der Waals surface area contributed by atoms with E-state index >= 15 is 4.39 Å². The highest BCUT2D eigenvalue weighted by Crippen LogP contribution is 2.37. The average molecular weight is 436 g/mol. The molecule has 0 aliphatic carbocycles. The van der Waals surface area contributed by atoms with Gasteiger partial charge in [0.25, 0.3) is 0 Å². The van der Waals surface area contributed by atoms with Crippen LogP contribution in [0.15, 0.2) is 61.1 Å². The molecule has 1 amide bonds. The first-order valence-corrected chi connectivity index (χ1v) is 10.9. The van der Waals surface area contributed by atoms with Crippen LogP contribution in [0.1, 0.15) is 41.6 Å². The Morgan fingerprint density at radius 2 is 1.88 bits per heavy atom. The van der Waals surface area contributed by atoms with E-state index in [1.807, 2.05) is 42.8 Å². The highest BCUT2D eigenvalue weighted by Gasteiger charge is 2.35. The molecule has 2 heterocycles. The number of alkyl halides is 1. The predicted octanol–water partition coefficient (Wildman–Crippen LogP) is 5.52. The maximum atomic E-state index is 15.5. The molecule has 0 spiro atoms. The lowest BCUT2D eigenvalue weighted by molar-refractivity contribution is -0.126. The van der Waals surface area contributed by atoms with Crippen LogP contribution in [0.4, 0.5) is 8.78 Å². The van der Waals surface area contributed by atoms with Gasteiger partial charge in [-0.05, 0) is 73.7 Å². The van der Waals surface area contributed by atoms with Crippen LogP contribution in [0.25, 0.3) is 11.8 Å². The molecule has 1 aliphatic rings. The Labute approximate surface area is 187 Å². The number of carbonyl (C=O) groups is 1. The zero-order valence-electron chi connectivity index (χ0n) is 18.4. The van der Waals surface area contributed by atoms with E-state index in [9.17, 15) is 9.18 Å². The molecule has 1 aromatic heterocycles. The molecule has 32 heavy (non-hydrogen) atoms. The molecule has 1 fully saturated rings. The fourth-order valence-electron chi connectivity index (χ4n) is 4.25. The van der Waals surface area contributed by atoms with Crippen molar-refractivity contribution in [2.45, 2.75) is 38.8 Å². The number of carbonyl (C=O) groups excluding carboxylic acids is 1. The summed E-state index contributed by atoms with van der Waals surface area (Å²) in [5.41, 5.74) is 2.94. The molecule has 2 aromatic carbocycles. The fourth-order valence-corrected chi connectivity index (χ4v) is 4.25. The van der Waals surface area contributed by atoms with E-state index in [2.05, 4.69) is 4.98 Å². The summed E-state index contributed by atoms with van der Waals surface area (Å²) in [6.07, 6.45) is 8.19. The molecule has 4 rings (SSSR count). The Bertz CT molecular complexity index is 1140. The predicted molar refractivity (Wildman–Crippen MR) is 122 cm³/mol. The minimum atomic E-state index is -1.54. The number of amides is 1. The molecular weight excluding hydrogens is 408 g/mol. The Balaban J connectivity index is 1.41. The van der Waals surface area contributed by atoms with E-state index in [-0.39, 0.29) is 18.1 Å². The van der Waals surface area contributed by atoms with Crippen molar-refractivity contribution in [2.75, 3.05) is 13.1 Å². The lowest BCUT2D eigenvalue weighted by Gasteiger charge is -2.24. The second-order valence-electron chi connectivity index (χ2n) is 8.45. The summed E-state index contributed by atoms with van der Waals surface area (Å²) < 4.78 is 30.7. The van der Waals surface area contributed by atoms with Crippen molar-refractivity contribution >= 4 is 12.0 Å². The van der Waals surface area contributed by atoms with Gasteiger partial charge >= 0.3 is 0 Å². The number of imidazole rings is 1. The van der Waals surface area contributed by atoms with Crippen molar-refractivity contribution in [1.82, 2.24) is 14.5 Å². The van der Waals surface area contributed by atoms with Gasteiger partial charge in [-0.1, -0.05) is 18.2 Å². The van der Waals surface area contributed by atoms with Crippen LogP contribution < -0.4 is 0 Å². The minimum Gasteiger partial charge on any atom is -0.339 e. The second kappa shape index (κ2) is 9.07. The zero-order chi connectivity index (χ0) is 22.7. The van der Waals surface area contributed by atoms with E-state index in [4.69, 9.17) is 0 Å². The number of aromatic nitrogens is 2. The van der Waals surface area contributed by atoms with E-state index < -0.39 is 5.67 Å². The van der Waals surface area contributed by atoms with Gasteiger partial charge in [-0.15, -0.1) is 0 Å². The summed E-state index contributed by atoms with van der Waals surface area (Å²) in [4.78, 5) is 18.7. The van der Waals surface area contributed by atoms with Gasteiger partial charge in [-0.25, -0.2) is 13.8 Å². The zero-order valence-corrected chi connectivity index (χ0v) is 18.4. The highest BCUT2D eigenvalue weighted by molar-refractivity contribution is 5.91. The summed E-state index contributed by atoms with van der Waals surface area (Å²) in [5, 5.41) is 0. The van der Waals surface area contributed by atoms with Crippen molar-refractivity contribution < 1.29 is 13.6 Å². The van der Waals surface area contributed by atoms with Gasteiger partial charge in [0.15, 0.2) is 0 Å². The maximum absolute atomic E-state index is 15.5. The van der Waals surface area contributed by atoms with E-state index in [1.165, 1.54) is 24.3 Å². The summed E-state index contributed by atoms with van der Waals surface area (Å²) >= 11 is 0. The average Bonchev–Trinajstić information content (AvgIpc) is 3.10. The number of likely N-dealkylation sites (tertiary alicyclic amines) is 1. The molecule has 1 unspecified atom stereocenters. The van der Waals surface area contributed by atoms with Gasteiger partial charge in [0, 0.05) is 37.5 Å². The Kier molecular flexibility index (Phi) is 6.21. The molecule has 4 nitrogen and oxygen atoms in total. The Morgan fingerprint density at radius 3 is 2.56 bits per heavy atom. The molecular formula is C26H27F2N3O. The Hall–Kier alpha value is -3.28. The molecule has 1 saturated heterocycles. The molecule has 1 aliphatic heterocycles. The summed E-state index contributed by atoms with van der Waals surface area (Å²) in [6, 6.07) is 11.6. The number of rotatable bonds is 4. The first-order valence-electron chi connectivity index (χ1n) is 10.9. The number of halogens is 2. The van der Waals surface area contributed by atoms with Gasteiger partial charge in [0.2, 0.25) is 5.91 Å². The van der Waals surface area contributed by atoms with Crippen LogP contribution >= 0.6 is 0 Å². The first-order chi connectivity index (χ1) is 15.3. The third kappa shape index (κ3) is 4.79. The van der Waals surface area contributed by atoms with E-state index in [0.29, 0.717) is 31.5 Å². The summed E-state index contributed by atoms with van der Waals surface area (Å²) in [6.45, 7) is 4.81. The van der Waals surface area contributed by atoms with Gasteiger partial charge in [0.05, 0.1) is 12.0 Å². The topological polar surface area (TPSA) is 38.1 Å². The number of aryl methyl sites for hydroxylation is 2. The molecule has 0 bridgehead atoms. The monoisotopic (exact) mass is 435 g/mol. The molecule has 3 aromatic rings. The van der Waals surface area contributed by atoms with Crippen LogP contribution in [-0.4, -0.2) is 33.4 Å². The van der Waals surface area contributed by atoms with Crippen LogP contribution in [0.2, 0.25) is 0 Å². The molecule has 0 radical (unpaired) electrons. The number of nitrogens with zero attached hydrogens (tertiary/aromatic N) is 3. The molecule has 166 valence electrons. The van der Waals surface area contributed by atoms with Crippen LogP contribution in [0.5, 0.6) is 0 Å². The third-order valence-corrected chi connectivity index (χ3v) is 6.08. The van der Waals surface area contributed by atoms with Crippen molar-refractivity contribution in [3.63, 3.8) is 0 Å². The normalized spacial score (nSPS) is 19.3.